The molecule has 0 radical (unpaired) electrons. The standard InChI is InChI=1S/C15H24N4O5/c1-4-6-7-10(9-20)17-12-11(23-3)8-16-15(18-12)19-13(21)14(22)24-5-2/h8,10,20H,4-7,9H2,1-3H3,(H2,16,17,18,19,21)/t10-/m1/s1. The number of nitrogens with zero attached hydrogens (tertiary/aromatic N) is 2. The van der Waals surface area contributed by atoms with E-state index in [1.165, 1.54) is 13.3 Å². The first-order valence-electron chi connectivity index (χ1n) is 7.82. The van der Waals surface area contributed by atoms with Crippen molar-refractivity contribution in [1.82, 2.24) is 9.97 Å². The third kappa shape index (κ3) is 5.99. The highest BCUT2D eigenvalue weighted by atomic mass is 16.5. The highest BCUT2D eigenvalue weighted by Crippen LogP contribution is 2.23. The average Bonchev–Trinajstić information content (AvgIpc) is 2.58. The number of nitrogens with one attached hydrogen (secondary N) is 2. The minimum absolute atomic E-state index is 0.0662. The molecule has 24 heavy (non-hydrogen) atoms. The molecule has 1 amide bonds. The van der Waals surface area contributed by atoms with Crippen LogP contribution < -0.4 is 15.4 Å². The topological polar surface area (TPSA) is 123 Å². The minimum Gasteiger partial charge on any atom is -0.491 e. The number of hydrogen-bond donors (Lipinski definition) is 3. The van der Waals surface area contributed by atoms with Crippen LogP contribution in [0.2, 0.25) is 0 Å². The summed E-state index contributed by atoms with van der Waals surface area (Å²) in [6, 6.07) is -0.206. The van der Waals surface area contributed by atoms with Gasteiger partial charge in [-0.25, -0.2) is 9.78 Å². The van der Waals surface area contributed by atoms with E-state index >= 15 is 0 Å². The number of hydrogen-bond acceptors (Lipinski definition) is 8. The molecule has 0 aliphatic heterocycles. The lowest BCUT2D eigenvalue weighted by Gasteiger charge is -2.18. The first kappa shape index (κ1) is 19.6. The third-order valence-corrected chi connectivity index (χ3v) is 3.13. The van der Waals surface area contributed by atoms with Crippen LogP contribution in [0.4, 0.5) is 11.8 Å². The Balaban J connectivity index is 2.87. The average molecular weight is 340 g/mol. The van der Waals surface area contributed by atoms with Crippen LogP contribution in [0.25, 0.3) is 0 Å². The van der Waals surface area contributed by atoms with E-state index in [1.54, 1.807) is 6.92 Å². The fourth-order valence-corrected chi connectivity index (χ4v) is 1.89. The Morgan fingerprint density at radius 1 is 1.38 bits per heavy atom. The van der Waals surface area contributed by atoms with E-state index in [4.69, 9.17) is 4.74 Å². The van der Waals surface area contributed by atoms with Crippen LogP contribution in [-0.4, -0.2) is 53.3 Å². The van der Waals surface area contributed by atoms with E-state index in [2.05, 4.69) is 32.3 Å². The number of unbranched alkanes of at least 4 members (excludes halogenated alkanes) is 1. The second kappa shape index (κ2) is 10.4. The number of rotatable bonds is 9. The van der Waals surface area contributed by atoms with Crippen LogP contribution in [0.3, 0.4) is 0 Å². The van der Waals surface area contributed by atoms with Gasteiger partial charge in [0, 0.05) is 0 Å². The largest absolute Gasteiger partial charge is 0.491 e. The van der Waals surface area contributed by atoms with Crippen molar-refractivity contribution in [2.45, 2.75) is 39.2 Å². The highest BCUT2D eigenvalue weighted by Gasteiger charge is 2.18. The van der Waals surface area contributed by atoms with Crippen molar-refractivity contribution in [3.05, 3.63) is 6.20 Å². The van der Waals surface area contributed by atoms with Gasteiger partial charge in [-0.1, -0.05) is 19.8 Å². The number of aliphatic hydroxyl groups excluding tert-OH is 1. The summed E-state index contributed by atoms with van der Waals surface area (Å²) in [5, 5.41) is 14.8. The molecule has 0 aliphatic carbocycles. The number of aromatic nitrogens is 2. The predicted molar refractivity (Wildman–Crippen MR) is 87.9 cm³/mol. The van der Waals surface area contributed by atoms with Crippen molar-refractivity contribution in [2.75, 3.05) is 31.0 Å². The van der Waals surface area contributed by atoms with Crippen LogP contribution >= 0.6 is 0 Å². The summed E-state index contributed by atoms with van der Waals surface area (Å²) < 4.78 is 9.77. The zero-order valence-corrected chi connectivity index (χ0v) is 14.2. The summed E-state index contributed by atoms with van der Waals surface area (Å²) in [4.78, 5) is 31.0. The number of esters is 1. The molecule has 0 bridgehead atoms. The van der Waals surface area contributed by atoms with Gasteiger partial charge in [0.15, 0.2) is 11.6 Å². The van der Waals surface area contributed by atoms with Gasteiger partial charge in [-0.2, -0.15) is 4.98 Å². The number of anilines is 2. The molecule has 0 saturated carbocycles. The fourth-order valence-electron chi connectivity index (χ4n) is 1.89. The number of ether oxygens (including phenoxy) is 2. The van der Waals surface area contributed by atoms with E-state index < -0.39 is 11.9 Å². The van der Waals surface area contributed by atoms with Crippen molar-refractivity contribution in [3.8, 4) is 5.75 Å². The van der Waals surface area contributed by atoms with Crippen molar-refractivity contribution >= 4 is 23.6 Å². The number of aliphatic hydroxyl groups is 1. The summed E-state index contributed by atoms with van der Waals surface area (Å²) in [6.07, 6.45) is 4.06. The van der Waals surface area contributed by atoms with Crippen molar-refractivity contribution in [3.63, 3.8) is 0 Å². The SMILES string of the molecule is CCCC[C@H](CO)Nc1nc(NC(=O)C(=O)OCC)ncc1OC. The zero-order valence-electron chi connectivity index (χ0n) is 14.2. The second-order valence-corrected chi connectivity index (χ2v) is 4.95. The molecule has 1 atom stereocenters. The van der Waals surface area contributed by atoms with Crippen LogP contribution in [0, 0.1) is 0 Å². The van der Waals surface area contributed by atoms with Gasteiger partial charge in [0.1, 0.15) is 0 Å². The van der Waals surface area contributed by atoms with E-state index in [1.807, 2.05) is 0 Å². The number of amides is 1. The van der Waals surface area contributed by atoms with Gasteiger partial charge in [0.2, 0.25) is 5.95 Å². The Morgan fingerprint density at radius 3 is 2.71 bits per heavy atom. The summed E-state index contributed by atoms with van der Waals surface area (Å²) in [7, 11) is 1.46. The molecule has 0 aromatic carbocycles. The molecule has 9 nitrogen and oxygen atoms in total. The molecule has 3 N–H and O–H groups in total. The van der Waals surface area contributed by atoms with E-state index in [9.17, 15) is 14.7 Å². The zero-order chi connectivity index (χ0) is 17.9. The van der Waals surface area contributed by atoms with E-state index in [0.717, 1.165) is 19.3 Å². The molecular weight excluding hydrogens is 316 g/mol. The Kier molecular flexibility index (Phi) is 8.48. The Hall–Kier alpha value is -2.42. The Labute approximate surface area is 140 Å². The third-order valence-electron chi connectivity index (χ3n) is 3.13. The van der Waals surface area contributed by atoms with Crippen LogP contribution in [0.5, 0.6) is 5.75 Å². The van der Waals surface area contributed by atoms with Gasteiger partial charge in [-0.15, -0.1) is 0 Å². The van der Waals surface area contributed by atoms with E-state index in [-0.39, 0.29) is 25.2 Å². The predicted octanol–water partition coefficient (Wildman–Crippen LogP) is 0.950. The summed E-state index contributed by atoms with van der Waals surface area (Å²) >= 11 is 0. The van der Waals surface area contributed by atoms with Crippen LogP contribution in [0.15, 0.2) is 6.20 Å². The number of carbonyl (C=O) groups is 2. The van der Waals surface area contributed by atoms with Crippen molar-refractivity contribution in [1.29, 1.82) is 0 Å². The molecule has 1 rings (SSSR count). The molecule has 1 aromatic rings. The smallest absolute Gasteiger partial charge is 0.397 e. The first-order chi connectivity index (χ1) is 11.5. The molecule has 1 heterocycles. The number of carbonyl (C=O) groups excluding carboxylic acids is 2. The van der Waals surface area contributed by atoms with Gasteiger partial charge < -0.3 is 19.9 Å². The first-order valence-corrected chi connectivity index (χ1v) is 7.82. The maximum Gasteiger partial charge on any atom is 0.397 e. The minimum atomic E-state index is -1.01. The van der Waals surface area contributed by atoms with Crippen LogP contribution in [0.1, 0.15) is 33.1 Å². The molecule has 134 valence electrons. The highest BCUT2D eigenvalue weighted by molar-refractivity contribution is 6.37. The maximum atomic E-state index is 11.6. The number of methoxy groups -OCH3 is 1. The summed E-state index contributed by atoms with van der Waals surface area (Å²) in [5.41, 5.74) is 0. The van der Waals surface area contributed by atoms with Gasteiger partial charge in [0.05, 0.1) is 32.6 Å². The molecule has 0 unspecified atom stereocenters. The van der Waals surface area contributed by atoms with Crippen molar-refractivity contribution < 1.29 is 24.2 Å². The Bertz CT molecular complexity index is 553. The van der Waals surface area contributed by atoms with Gasteiger partial charge >= 0.3 is 11.9 Å². The lowest BCUT2D eigenvalue weighted by atomic mass is 10.1. The molecule has 0 spiro atoms. The summed E-state index contributed by atoms with van der Waals surface area (Å²) in [6.45, 7) is 3.68. The van der Waals surface area contributed by atoms with Crippen molar-refractivity contribution in [2.24, 2.45) is 0 Å². The van der Waals surface area contributed by atoms with E-state index in [0.29, 0.717) is 11.6 Å². The Morgan fingerprint density at radius 2 is 2.12 bits per heavy atom. The molecule has 0 fully saturated rings. The summed E-state index contributed by atoms with van der Waals surface area (Å²) in [5.74, 6) is -1.36. The second-order valence-electron chi connectivity index (χ2n) is 4.95. The molecule has 9 heteroatoms. The molecule has 0 aliphatic rings. The molecule has 1 aromatic heterocycles. The lowest BCUT2D eigenvalue weighted by Crippen LogP contribution is -2.27. The van der Waals surface area contributed by atoms with Gasteiger partial charge in [0.25, 0.3) is 0 Å². The van der Waals surface area contributed by atoms with Gasteiger partial charge in [-0.05, 0) is 13.3 Å². The fraction of sp³-hybridized carbons (Fsp3) is 0.600. The quantitative estimate of drug-likeness (QED) is 0.448. The molecular formula is C15H24N4O5. The monoisotopic (exact) mass is 340 g/mol. The van der Waals surface area contributed by atoms with Gasteiger partial charge in [-0.3, -0.25) is 10.1 Å². The lowest BCUT2D eigenvalue weighted by molar-refractivity contribution is -0.152. The maximum absolute atomic E-state index is 11.6. The van der Waals surface area contributed by atoms with Crippen LogP contribution in [-0.2, 0) is 14.3 Å². The normalized spacial score (nSPS) is 11.5. The molecule has 0 saturated heterocycles.